The van der Waals surface area contributed by atoms with E-state index < -0.39 is 35.7 Å². The van der Waals surface area contributed by atoms with Crippen LogP contribution < -0.4 is 16.4 Å². The molecule has 0 aliphatic rings. The largest absolute Gasteiger partial charge is 0.481 e. The van der Waals surface area contributed by atoms with Gasteiger partial charge >= 0.3 is 11.9 Å². The molecule has 0 radical (unpaired) electrons. The van der Waals surface area contributed by atoms with Gasteiger partial charge in [-0.2, -0.15) is 0 Å². The van der Waals surface area contributed by atoms with Gasteiger partial charge in [-0.05, 0) is 51.2 Å². The molecular formula is C25H35N3O8. The highest BCUT2D eigenvalue weighted by Gasteiger charge is 2.24. The third-order valence-corrected chi connectivity index (χ3v) is 5.59. The third kappa shape index (κ3) is 12.6. The first-order valence-electron chi connectivity index (χ1n) is 11.9. The third-order valence-electron chi connectivity index (χ3n) is 5.59. The van der Waals surface area contributed by atoms with Gasteiger partial charge in [-0.15, -0.1) is 0 Å². The van der Waals surface area contributed by atoms with Gasteiger partial charge in [0.15, 0.2) is 0 Å². The van der Waals surface area contributed by atoms with Gasteiger partial charge in [0.25, 0.3) is 5.91 Å². The number of primary amides is 1. The van der Waals surface area contributed by atoms with E-state index in [1.165, 1.54) is 0 Å². The maximum Gasteiger partial charge on any atom is 0.306 e. The Morgan fingerprint density at radius 1 is 0.889 bits per heavy atom. The fourth-order valence-corrected chi connectivity index (χ4v) is 3.47. The number of nitrogens with two attached hydrogens (primary N) is 1. The Morgan fingerprint density at radius 3 is 2.14 bits per heavy atom. The number of unbranched alkanes of at least 4 members (excludes halogenated alkanes) is 1. The maximum absolute atomic E-state index is 12.3. The molecule has 1 rings (SSSR count). The van der Waals surface area contributed by atoms with E-state index in [0.29, 0.717) is 24.9 Å². The lowest BCUT2D eigenvalue weighted by Crippen LogP contribution is -2.44. The summed E-state index contributed by atoms with van der Waals surface area (Å²) in [5.74, 6) is -5.22. The molecule has 2 unspecified atom stereocenters. The SMILES string of the molecule is Cc1ccc(C(=O)NCCCCC(NC(=O)CCC(CC(=O)CCCC(=O)O)C(=O)O)C(N)=O)cc1. The number of nitrogens with one attached hydrogen (secondary N) is 2. The zero-order chi connectivity index (χ0) is 27.1. The van der Waals surface area contributed by atoms with Gasteiger partial charge in [-0.3, -0.25) is 28.8 Å². The van der Waals surface area contributed by atoms with Crippen LogP contribution in [0.1, 0.15) is 73.7 Å². The monoisotopic (exact) mass is 505 g/mol. The van der Waals surface area contributed by atoms with Crippen LogP contribution in [0.5, 0.6) is 0 Å². The molecule has 0 fully saturated rings. The molecule has 0 saturated carbocycles. The number of aryl methyl sites for hydroxylation is 1. The topological polar surface area (TPSA) is 193 Å². The molecule has 0 aliphatic carbocycles. The molecule has 36 heavy (non-hydrogen) atoms. The van der Waals surface area contributed by atoms with Gasteiger partial charge < -0.3 is 26.6 Å². The Kier molecular flexibility index (Phi) is 13.5. The summed E-state index contributed by atoms with van der Waals surface area (Å²) in [5.41, 5.74) is 6.96. The van der Waals surface area contributed by atoms with Crippen LogP contribution in [0.15, 0.2) is 24.3 Å². The fourth-order valence-electron chi connectivity index (χ4n) is 3.47. The van der Waals surface area contributed by atoms with E-state index in [4.69, 9.17) is 10.8 Å². The average Bonchev–Trinajstić information content (AvgIpc) is 2.80. The molecule has 0 heterocycles. The molecule has 1 aromatic carbocycles. The fraction of sp³-hybridized carbons (Fsp3) is 0.520. The predicted molar refractivity (Wildman–Crippen MR) is 130 cm³/mol. The Morgan fingerprint density at radius 2 is 1.56 bits per heavy atom. The smallest absolute Gasteiger partial charge is 0.306 e. The molecule has 11 heteroatoms. The van der Waals surface area contributed by atoms with Crippen LogP contribution in [0.3, 0.4) is 0 Å². The van der Waals surface area contributed by atoms with Gasteiger partial charge in [0, 0.05) is 37.8 Å². The molecule has 11 nitrogen and oxygen atoms in total. The van der Waals surface area contributed by atoms with Crippen LogP contribution in [-0.4, -0.2) is 58.2 Å². The number of hydrogen-bond acceptors (Lipinski definition) is 6. The van der Waals surface area contributed by atoms with Crippen molar-refractivity contribution in [2.75, 3.05) is 6.54 Å². The number of rotatable bonds is 18. The highest BCUT2D eigenvalue weighted by Crippen LogP contribution is 2.15. The number of carbonyl (C=O) groups excluding carboxylic acids is 4. The number of amides is 3. The van der Waals surface area contributed by atoms with Crippen molar-refractivity contribution in [3.05, 3.63) is 35.4 Å². The summed E-state index contributed by atoms with van der Waals surface area (Å²) in [7, 11) is 0. The first kappa shape index (κ1) is 30.3. The highest BCUT2D eigenvalue weighted by atomic mass is 16.4. The molecule has 1 aromatic rings. The maximum atomic E-state index is 12.3. The molecular weight excluding hydrogens is 470 g/mol. The summed E-state index contributed by atoms with van der Waals surface area (Å²) < 4.78 is 0. The summed E-state index contributed by atoms with van der Waals surface area (Å²) in [4.78, 5) is 69.9. The molecule has 2 atom stereocenters. The van der Waals surface area contributed by atoms with Crippen LogP contribution in [0.25, 0.3) is 0 Å². The van der Waals surface area contributed by atoms with E-state index in [2.05, 4.69) is 10.6 Å². The van der Waals surface area contributed by atoms with Crippen LogP contribution in [-0.2, 0) is 24.0 Å². The number of benzene rings is 1. The molecule has 0 spiro atoms. The van der Waals surface area contributed by atoms with Gasteiger partial charge in [-0.1, -0.05) is 17.7 Å². The van der Waals surface area contributed by atoms with Crippen molar-refractivity contribution < 1.29 is 39.0 Å². The summed E-state index contributed by atoms with van der Waals surface area (Å²) in [6.07, 6.45) is 0.598. The van der Waals surface area contributed by atoms with Gasteiger partial charge in [0.1, 0.15) is 11.8 Å². The zero-order valence-electron chi connectivity index (χ0n) is 20.5. The molecule has 3 amide bonds. The van der Waals surface area contributed by atoms with Crippen molar-refractivity contribution in [3.8, 4) is 0 Å². The number of aliphatic carboxylic acids is 2. The molecule has 198 valence electrons. The first-order valence-corrected chi connectivity index (χ1v) is 11.9. The van der Waals surface area contributed by atoms with E-state index in [1.807, 2.05) is 19.1 Å². The number of carbonyl (C=O) groups is 6. The van der Waals surface area contributed by atoms with Crippen LogP contribution in [0, 0.1) is 12.8 Å². The lowest BCUT2D eigenvalue weighted by Gasteiger charge is -2.17. The standard InChI is InChI=1S/C25H35N3O8/c1-16-8-10-17(11-9-16)24(34)27-14-3-2-6-20(23(26)33)28-21(30)13-12-18(25(35)36)15-19(29)5-4-7-22(31)32/h8-11,18,20H,2-7,12-15H2,1H3,(H2,26,33)(H,27,34)(H,28,30)(H,31,32)(H,35,36). The molecule has 6 N–H and O–H groups in total. The van der Waals surface area contributed by atoms with Crippen molar-refractivity contribution >= 4 is 35.4 Å². The van der Waals surface area contributed by atoms with Crippen molar-refractivity contribution in [1.29, 1.82) is 0 Å². The second kappa shape index (κ2) is 16.0. The minimum absolute atomic E-state index is 0.0441. The number of hydrogen-bond donors (Lipinski definition) is 5. The lowest BCUT2D eigenvalue weighted by molar-refractivity contribution is -0.144. The summed E-state index contributed by atoms with van der Waals surface area (Å²) in [5, 5.41) is 23.2. The molecule has 0 saturated heterocycles. The normalized spacial score (nSPS) is 12.2. The van der Waals surface area contributed by atoms with Crippen LogP contribution in [0.2, 0.25) is 0 Å². The Labute approximate surface area is 209 Å². The molecule has 0 aromatic heterocycles. The minimum atomic E-state index is -1.23. The zero-order valence-corrected chi connectivity index (χ0v) is 20.5. The van der Waals surface area contributed by atoms with E-state index in [0.717, 1.165) is 5.56 Å². The van der Waals surface area contributed by atoms with Gasteiger partial charge in [-0.25, -0.2) is 0 Å². The number of carboxylic acids is 2. The number of Topliss-reactive ketones (excluding diaryl/α,β-unsaturated/α-hetero) is 1. The molecule has 0 aliphatic heterocycles. The van der Waals surface area contributed by atoms with E-state index >= 15 is 0 Å². The summed E-state index contributed by atoms with van der Waals surface area (Å²) in [6.45, 7) is 2.31. The average molecular weight is 506 g/mol. The Balaban J connectivity index is 2.38. The second-order valence-corrected chi connectivity index (χ2v) is 8.70. The minimum Gasteiger partial charge on any atom is -0.481 e. The Bertz CT molecular complexity index is 930. The molecule has 0 bridgehead atoms. The highest BCUT2D eigenvalue weighted by molar-refractivity contribution is 5.94. The van der Waals surface area contributed by atoms with Crippen LogP contribution >= 0.6 is 0 Å². The van der Waals surface area contributed by atoms with Crippen molar-refractivity contribution in [3.63, 3.8) is 0 Å². The van der Waals surface area contributed by atoms with Crippen LogP contribution in [0.4, 0.5) is 0 Å². The van der Waals surface area contributed by atoms with E-state index in [9.17, 15) is 33.9 Å². The summed E-state index contributed by atoms with van der Waals surface area (Å²) in [6, 6.07) is 6.20. The lowest BCUT2D eigenvalue weighted by atomic mass is 9.95. The van der Waals surface area contributed by atoms with Crippen molar-refractivity contribution in [2.24, 2.45) is 11.7 Å². The number of carboxylic acid groups (broad SMARTS) is 2. The quantitative estimate of drug-likeness (QED) is 0.185. The van der Waals surface area contributed by atoms with E-state index in [-0.39, 0.29) is 56.6 Å². The van der Waals surface area contributed by atoms with Gasteiger partial charge in [0.05, 0.1) is 5.92 Å². The number of ketones is 1. The Hall–Kier alpha value is -3.76. The van der Waals surface area contributed by atoms with Crippen molar-refractivity contribution in [1.82, 2.24) is 10.6 Å². The second-order valence-electron chi connectivity index (χ2n) is 8.70. The first-order chi connectivity index (χ1) is 17.0. The predicted octanol–water partition coefficient (Wildman–Crippen LogP) is 1.56. The van der Waals surface area contributed by atoms with E-state index in [1.54, 1.807) is 12.1 Å². The van der Waals surface area contributed by atoms with Gasteiger partial charge in [0.2, 0.25) is 11.8 Å². The summed E-state index contributed by atoms with van der Waals surface area (Å²) >= 11 is 0. The van der Waals surface area contributed by atoms with Crippen molar-refractivity contribution in [2.45, 2.75) is 70.8 Å².